The third kappa shape index (κ3) is 5.38. The number of nitrogen functional groups attached to an aromatic ring is 1. The summed E-state index contributed by atoms with van der Waals surface area (Å²) in [7, 11) is -4.93. The number of β-lactam (4-membered cyclic amide) rings is 1. The van der Waals surface area contributed by atoms with Crippen molar-refractivity contribution in [1.82, 2.24) is 10.0 Å². The topological polar surface area (TPSA) is 199 Å². The molecule has 1 amide bonds. The van der Waals surface area contributed by atoms with E-state index in [2.05, 4.69) is 25.8 Å². The van der Waals surface area contributed by atoms with Gasteiger partial charge >= 0.3 is 16.4 Å². The van der Waals surface area contributed by atoms with Gasteiger partial charge in [0.05, 0.1) is 11.5 Å². The molecule has 1 unspecified atom stereocenters. The average Bonchev–Trinajstić information content (AvgIpc) is 3.02. The molecule has 1 saturated heterocycles. The van der Waals surface area contributed by atoms with Gasteiger partial charge in [0.2, 0.25) is 5.76 Å². The number of aromatic nitrogens is 1. The van der Waals surface area contributed by atoms with Crippen LogP contribution in [0, 0.1) is 5.92 Å². The largest absolute Gasteiger partial charge is 0.475 e. The Morgan fingerprint density at radius 1 is 1.47 bits per heavy atom. The molecule has 0 radical (unpaired) electrons. The van der Waals surface area contributed by atoms with Crippen LogP contribution in [0.2, 0.25) is 0 Å². The number of hydroxylamine groups is 2. The van der Waals surface area contributed by atoms with E-state index in [0.29, 0.717) is 5.06 Å². The molecule has 1 aliphatic heterocycles. The van der Waals surface area contributed by atoms with Crippen LogP contribution in [0.4, 0.5) is 5.13 Å². The molecule has 1 aromatic heterocycles. The minimum Gasteiger partial charge on any atom is -0.475 e. The number of anilines is 1. The first-order valence-electron chi connectivity index (χ1n) is 7.67. The van der Waals surface area contributed by atoms with Gasteiger partial charge in [-0.2, -0.15) is 13.5 Å². The highest BCUT2D eigenvalue weighted by molar-refractivity contribution is 7.80. The van der Waals surface area contributed by atoms with Crippen LogP contribution >= 0.6 is 11.3 Å². The maximum absolute atomic E-state index is 12.7. The van der Waals surface area contributed by atoms with Crippen molar-refractivity contribution in [3.05, 3.63) is 23.4 Å². The molecule has 0 bridgehead atoms. The maximum Gasteiger partial charge on any atom is 0.418 e. The molecule has 1 atom stereocenters. The SMILES string of the molecule is C.C=C(O/N=C(\C(=O)CC1C(=O)N(OS(=O)(=O)O)C1(C)C)c1csc(N)n1)C(=O)O. The van der Waals surface area contributed by atoms with Crippen molar-refractivity contribution in [3.8, 4) is 0 Å². The van der Waals surface area contributed by atoms with Crippen molar-refractivity contribution in [2.45, 2.75) is 33.2 Å². The first-order valence-corrected chi connectivity index (χ1v) is 9.91. The fourth-order valence-electron chi connectivity index (χ4n) is 2.43. The number of carbonyl (C=O) groups excluding carboxylic acids is 2. The van der Waals surface area contributed by atoms with Crippen molar-refractivity contribution < 1.29 is 41.6 Å². The van der Waals surface area contributed by atoms with Crippen molar-refractivity contribution >= 4 is 50.2 Å². The van der Waals surface area contributed by atoms with Crippen LogP contribution in [-0.2, 0) is 33.9 Å². The fraction of sp³-hybridized carbons (Fsp3) is 0.400. The molecule has 0 aliphatic carbocycles. The molecular formula is C15H20N4O9S2. The molecule has 166 valence electrons. The Morgan fingerprint density at radius 2 is 2.07 bits per heavy atom. The molecule has 1 aromatic rings. The van der Waals surface area contributed by atoms with Crippen LogP contribution in [-0.4, -0.2) is 57.0 Å². The lowest BCUT2D eigenvalue weighted by atomic mass is 9.74. The van der Waals surface area contributed by atoms with Crippen LogP contribution in [0.15, 0.2) is 22.9 Å². The molecule has 0 saturated carbocycles. The molecular weight excluding hydrogens is 444 g/mol. The van der Waals surface area contributed by atoms with Crippen LogP contribution in [0.5, 0.6) is 0 Å². The van der Waals surface area contributed by atoms with Gasteiger partial charge in [-0.1, -0.05) is 12.6 Å². The van der Waals surface area contributed by atoms with Gasteiger partial charge in [-0.05, 0) is 20.4 Å². The summed E-state index contributed by atoms with van der Waals surface area (Å²) in [5.74, 6) is -4.92. The zero-order chi connectivity index (χ0) is 22.1. The predicted molar refractivity (Wildman–Crippen MR) is 104 cm³/mol. The second-order valence-electron chi connectivity index (χ2n) is 6.30. The summed E-state index contributed by atoms with van der Waals surface area (Å²) >= 11 is 0.986. The van der Waals surface area contributed by atoms with Gasteiger partial charge in [-0.3, -0.25) is 14.1 Å². The van der Waals surface area contributed by atoms with Gasteiger partial charge in [-0.25, -0.2) is 9.78 Å². The third-order valence-corrected chi connectivity index (χ3v) is 4.96. The Hall–Kier alpha value is -2.88. The molecule has 30 heavy (non-hydrogen) atoms. The van der Waals surface area contributed by atoms with Crippen LogP contribution in [0.1, 0.15) is 33.4 Å². The number of thiazole rings is 1. The number of aliphatic carboxylic acids is 1. The van der Waals surface area contributed by atoms with Crippen molar-refractivity contribution in [2.75, 3.05) is 5.73 Å². The molecule has 0 aromatic carbocycles. The predicted octanol–water partition coefficient (Wildman–Crippen LogP) is 0.611. The first kappa shape index (κ1) is 25.2. The number of amides is 1. The molecule has 1 aliphatic rings. The van der Waals surface area contributed by atoms with Crippen LogP contribution < -0.4 is 5.73 Å². The Kier molecular flexibility index (Phi) is 7.43. The number of hydrogen-bond acceptors (Lipinski definition) is 11. The third-order valence-electron chi connectivity index (χ3n) is 3.95. The summed E-state index contributed by atoms with van der Waals surface area (Å²) in [6, 6.07) is 0. The van der Waals surface area contributed by atoms with E-state index in [0.717, 1.165) is 11.3 Å². The lowest BCUT2D eigenvalue weighted by Crippen LogP contribution is -2.68. The summed E-state index contributed by atoms with van der Waals surface area (Å²) in [6.45, 7) is 5.94. The average molecular weight is 464 g/mol. The number of Topliss-reactive ketones (excluding diaryl/α,β-unsaturated/α-hetero) is 1. The molecule has 13 nitrogen and oxygen atoms in total. The van der Waals surface area contributed by atoms with Crippen LogP contribution in [0.3, 0.4) is 0 Å². The molecule has 15 heteroatoms. The molecule has 2 heterocycles. The van der Waals surface area contributed by atoms with E-state index < -0.39 is 57.4 Å². The number of nitrogens with two attached hydrogens (primary N) is 1. The molecule has 4 N–H and O–H groups in total. The summed E-state index contributed by atoms with van der Waals surface area (Å²) in [5.41, 5.74) is 3.86. The van der Waals surface area contributed by atoms with E-state index in [-0.39, 0.29) is 18.3 Å². The van der Waals surface area contributed by atoms with Crippen LogP contribution in [0.25, 0.3) is 0 Å². The Balaban J connectivity index is 0.00000450. The molecule has 2 rings (SSSR count). The van der Waals surface area contributed by atoms with E-state index in [9.17, 15) is 22.8 Å². The zero-order valence-corrected chi connectivity index (χ0v) is 16.7. The number of oxime groups is 1. The van der Waals surface area contributed by atoms with Gasteiger partial charge in [0.25, 0.3) is 5.91 Å². The normalized spacial score (nSPS) is 18.2. The summed E-state index contributed by atoms with van der Waals surface area (Å²) in [6.07, 6.45) is -0.462. The Bertz CT molecular complexity index is 1010. The second kappa shape index (κ2) is 8.86. The monoisotopic (exact) mass is 464 g/mol. The highest BCUT2D eigenvalue weighted by Gasteiger charge is 2.57. The summed E-state index contributed by atoms with van der Waals surface area (Å²) < 4.78 is 34.7. The van der Waals surface area contributed by atoms with Gasteiger partial charge in [-0.15, -0.1) is 15.6 Å². The van der Waals surface area contributed by atoms with Gasteiger partial charge in [0.1, 0.15) is 5.69 Å². The van der Waals surface area contributed by atoms with Crippen molar-refractivity contribution in [1.29, 1.82) is 0 Å². The Morgan fingerprint density at radius 3 is 2.50 bits per heavy atom. The lowest BCUT2D eigenvalue weighted by molar-refractivity contribution is -0.228. The minimum absolute atomic E-state index is 0. The molecule has 1 fully saturated rings. The number of carboxylic acid groups (broad SMARTS) is 1. The summed E-state index contributed by atoms with van der Waals surface area (Å²) in [4.78, 5) is 44.2. The number of nitrogens with zero attached hydrogens (tertiary/aromatic N) is 3. The number of rotatable bonds is 9. The van der Waals surface area contributed by atoms with Gasteiger partial charge < -0.3 is 15.7 Å². The summed E-state index contributed by atoms with van der Waals surface area (Å²) in [5, 5.41) is 14.2. The highest BCUT2D eigenvalue weighted by atomic mass is 32.3. The number of carbonyl (C=O) groups is 3. The number of hydrogen-bond donors (Lipinski definition) is 3. The van der Waals surface area contributed by atoms with E-state index in [1.807, 2.05) is 0 Å². The molecule has 0 spiro atoms. The van der Waals surface area contributed by atoms with Crippen molar-refractivity contribution in [3.63, 3.8) is 0 Å². The minimum atomic E-state index is -4.93. The van der Waals surface area contributed by atoms with Gasteiger partial charge in [0, 0.05) is 11.8 Å². The standard InChI is InChI=1S/C14H16N4O9S2.CH4/c1-6(12(21)22)26-17-10(8-5-28-13(15)16-8)9(19)4-7-11(20)18(14(7,2)3)27-29(23,24)25;/h5,7H,1,4H2,2-3H3,(H2,15,16)(H,21,22)(H,23,24,25);1H4/b17-10-;. The number of ketones is 1. The zero-order valence-electron chi connectivity index (χ0n) is 15.1. The first-order chi connectivity index (χ1) is 13.2. The van der Waals surface area contributed by atoms with E-state index in [4.69, 9.17) is 15.4 Å². The van der Waals surface area contributed by atoms with E-state index in [1.165, 1.54) is 19.2 Å². The van der Waals surface area contributed by atoms with Gasteiger partial charge in [0.15, 0.2) is 16.6 Å². The highest BCUT2D eigenvalue weighted by Crippen LogP contribution is 2.40. The quantitative estimate of drug-likeness (QED) is 0.115. The van der Waals surface area contributed by atoms with E-state index in [1.54, 1.807) is 0 Å². The second-order valence-corrected chi connectivity index (χ2v) is 8.19. The van der Waals surface area contributed by atoms with E-state index >= 15 is 0 Å². The maximum atomic E-state index is 12.7. The Labute approximate surface area is 175 Å². The smallest absolute Gasteiger partial charge is 0.418 e. The lowest BCUT2D eigenvalue weighted by Gasteiger charge is -2.50. The number of carboxylic acids is 1. The fourth-order valence-corrected chi connectivity index (χ4v) is 3.43. The van der Waals surface area contributed by atoms with Crippen molar-refractivity contribution in [2.24, 2.45) is 11.1 Å².